The van der Waals surface area contributed by atoms with Crippen molar-refractivity contribution in [3.05, 3.63) is 0 Å². The number of hydrogen-bond acceptors (Lipinski definition) is 1. The predicted molar refractivity (Wildman–Crippen MR) is 37.1 cm³/mol. The predicted octanol–water partition coefficient (Wildman–Crippen LogP) is 1.93. The molecule has 0 atom stereocenters. The lowest BCUT2D eigenvalue weighted by molar-refractivity contribution is -0.134. The summed E-state index contributed by atoms with van der Waals surface area (Å²) in [6, 6.07) is 0. The Morgan fingerprint density at radius 3 is 1.62 bits per heavy atom. The summed E-state index contributed by atoms with van der Waals surface area (Å²) in [6.45, 7) is 1.08. The van der Waals surface area contributed by atoms with Crippen LogP contribution in [-0.2, 0) is 4.79 Å². The Morgan fingerprint density at radius 1 is 1.62 bits per heavy atom. The molecule has 8 heavy (non-hydrogen) atoms. The Morgan fingerprint density at radius 2 is 1.62 bits per heavy atom. The van der Waals surface area contributed by atoms with E-state index in [0.29, 0.717) is 0 Å². The Balaban J connectivity index is -0.0000000575. The Labute approximate surface area is 64.2 Å². The second-order valence-corrected chi connectivity index (χ2v) is 1.43. The van der Waals surface area contributed by atoms with Gasteiger partial charge >= 0.3 is 0 Å². The van der Waals surface area contributed by atoms with Gasteiger partial charge in [0.05, 0.1) is 5.34 Å². The highest BCUT2D eigenvalue weighted by atomic mass is 35.5. The zero-order valence-corrected chi connectivity index (χ0v) is 6.56. The average Bonchev–Trinajstić information content (AvgIpc) is 1.33. The van der Waals surface area contributed by atoms with Crippen molar-refractivity contribution in [2.45, 2.75) is 6.92 Å². The summed E-state index contributed by atoms with van der Waals surface area (Å²) in [7, 11) is 0. The SMILES string of the molecule is CC(=O)O.Cl.ClCCl. The van der Waals surface area contributed by atoms with E-state index in [4.69, 9.17) is 33.1 Å². The van der Waals surface area contributed by atoms with Gasteiger partial charge in [-0.05, 0) is 0 Å². The zero-order valence-electron chi connectivity index (χ0n) is 4.23. The van der Waals surface area contributed by atoms with Gasteiger partial charge in [0.25, 0.3) is 5.97 Å². The van der Waals surface area contributed by atoms with Crippen LogP contribution >= 0.6 is 35.6 Å². The number of aliphatic carboxylic acids is 1. The van der Waals surface area contributed by atoms with E-state index in [-0.39, 0.29) is 17.7 Å². The summed E-state index contributed by atoms with van der Waals surface area (Å²) < 4.78 is 0. The molecule has 0 aromatic carbocycles. The lowest BCUT2D eigenvalue weighted by Gasteiger charge is -1.59. The fraction of sp³-hybridized carbons (Fsp3) is 0.667. The fourth-order valence-electron chi connectivity index (χ4n) is 0. The van der Waals surface area contributed by atoms with Crippen LogP contribution in [0.25, 0.3) is 0 Å². The molecule has 0 rings (SSSR count). The molecule has 0 amide bonds. The van der Waals surface area contributed by atoms with Gasteiger partial charge in [0.1, 0.15) is 0 Å². The van der Waals surface area contributed by atoms with Crippen molar-refractivity contribution >= 4 is 41.6 Å². The molecule has 0 unspecified atom stereocenters. The summed E-state index contributed by atoms with van der Waals surface area (Å²) in [4.78, 5) is 9.00. The van der Waals surface area contributed by atoms with Crippen LogP contribution in [0, 0.1) is 0 Å². The number of rotatable bonds is 0. The topological polar surface area (TPSA) is 37.3 Å². The van der Waals surface area contributed by atoms with Gasteiger partial charge in [0.15, 0.2) is 0 Å². The molecule has 0 radical (unpaired) electrons. The van der Waals surface area contributed by atoms with Crippen LogP contribution in [0.5, 0.6) is 0 Å². The first-order valence-electron chi connectivity index (χ1n) is 1.46. The van der Waals surface area contributed by atoms with Crippen LogP contribution in [0.1, 0.15) is 6.92 Å². The van der Waals surface area contributed by atoms with Crippen molar-refractivity contribution in [2.75, 3.05) is 5.34 Å². The van der Waals surface area contributed by atoms with E-state index in [9.17, 15) is 0 Å². The number of halogens is 3. The van der Waals surface area contributed by atoms with E-state index < -0.39 is 5.97 Å². The molecule has 0 spiro atoms. The smallest absolute Gasteiger partial charge is 0.300 e. The van der Waals surface area contributed by atoms with Gasteiger partial charge in [-0.25, -0.2) is 0 Å². The molecule has 5 heteroatoms. The first-order valence-corrected chi connectivity index (χ1v) is 2.53. The van der Waals surface area contributed by atoms with Gasteiger partial charge in [-0.1, -0.05) is 0 Å². The van der Waals surface area contributed by atoms with E-state index in [0.717, 1.165) is 6.92 Å². The molecule has 0 aliphatic carbocycles. The maximum atomic E-state index is 9.00. The van der Waals surface area contributed by atoms with Crippen molar-refractivity contribution in [1.82, 2.24) is 0 Å². The van der Waals surface area contributed by atoms with Gasteiger partial charge in [-0.15, -0.1) is 35.6 Å². The standard InChI is InChI=1S/C2H4O2.CH2Cl2.ClH/c1-2(3)4;2-1-3;/h1H3,(H,3,4);1H2;1H. The summed E-state index contributed by atoms with van der Waals surface area (Å²) >= 11 is 9.53. The Kier molecular flexibility index (Phi) is 30.9. The lowest BCUT2D eigenvalue weighted by Crippen LogP contribution is -1.78. The third kappa shape index (κ3) is 1560. The van der Waals surface area contributed by atoms with Gasteiger partial charge in [-0.2, -0.15) is 0 Å². The van der Waals surface area contributed by atoms with E-state index >= 15 is 0 Å². The highest BCUT2D eigenvalue weighted by Crippen LogP contribution is 1.73. The van der Waals surface area contributed by atoms with Gasteiger partial charge < -0.3 is 5.11 Å². The van der Waals surface area contributed by atoms with Crippen LogP contribution in [0.15, 0.2) is 0 Å². The molecule has 0 saturated carbocycles. The van der Waals surface area contributed by atoms with Gasteiger partial charge in [0.2, 0.25) is 0 Å². The van der Waals surface area contributed by atoms with Crippen molar-refractivity contribution in [3.8, 4) is 0 Å². The summed E-state index contributed by atoms with van der Waals surface area (Å²) in [5.41, 5.74) is 0. The molecule has 0 aromatic rings. The first kappa shape index (κ1) is 15.8. The molecule has 1 N–H and O–H groups in total. The minimum Gasteiger partial charge on any atom is -0.481 e. The zero-order chi connectivity index (χ0) is 6.28. The van der Waals surface area contributed by atoms with E-state index in [1.54, 1.807) is 0 Å². The number of carboxylic acid groups (broad SMARTS) is 1. The minimum atomic E-state index is -0.833. The summed E-state index contributed by atoms with van der Waals surface area (Å²) in [5, 5.41) is 7.61. The molecule has 0 aliphatic rings. The van der Waals surface area contributed by atoms with Gasteiger partial charge in [0, 0.05) is 6.92 Å². The highest BCUT2D eigenvalue weighted by molar-refractivity contribution is 6.40. The summed E-state index contributed by atoms with van der Waals surface area (Å²) in [5.74, 6) is -0.833. The lowest BCUT2D eigenvalue weighted by atomic mass is 10.9. The largest absolute Gasteiger partial charge is 0.481 e. The van der Waals surface area contributed by atoms with Crippen molar-refractivity contribution in [2.24, 2.45) is 0 Å². The van der Waals surface area contributed by atoms with Crippen molar-refractivity contribution < 1.29 is 9.90 Å². The molecular weight excluding hydrogens is 174 g/mol. The van der Waals surface area contributed by atoms with Crippen molar-refractivity contribution in [1.29, 1.82) is 0 Å². The fourth-order valence-corrected chi connectivity index (χ4v) is 0. The number of carboxylic acids is 1. The maximum Gasteiger partial charge on any atom is 0.300 e. The maximum absolute atomic E-state index is 9.00. The monoisotopic (exact) mass is 180 g/mol. The molecule has 0 bridgehead atoms. The molecule has 0 aliphatic heterocycles. The van der Waals surface area contributed by atoms with Crippen molar-refractivity contribution in [3.63, 3.8) is 0 Å². The third-order valence-electron chi connectivity index (χ3n) is 0. The Hall–Kier alpha value is 0.340. The molecule has 0 heterocycles. The van der Waals surface area contributed by atoms with Gasteiger partial charge in [-0.3, -0.25) is 4.79 Å². The summed E-state index contributed by atoms with van der Waals surface area (Å²) in [6.07, 6.45) is 0. The van der Waals surface area contributed by atoms with Crippen LogP contribution in [-0.4, -0.2) is 16.4 Å². The van der Waals surface area contributed by atoms with E-state index in [1.807, 2.05) is 0 Å². The average molecular weight is 181 g/mol. The molecule has 0 aromatic heterocycles. The van der Waals surface area contributed by atoms with Crippen LogP contribution in [0.3, 0.4) is 0 Å². The molecule has 0 saturated heterocycles. The first-order chi connectivity index (χ1) is 3.15. The molecule has 2 nitrogen and oxygen atoms in total. The van der Waals surface area contributed by atoms with E-state index in [1.165, 1.54) is 0 Å². The van der Waals surface area contributed by atoms with Crippen LogP contribution in [0.2, 0.25) is 0 Å². The number of carbonyl (C=O) groups is 1. The second-order valence-electron chi connectivity index (χ2n) is 0.620. The normalized spacial score (nSPS) is 5.38. The molecule has 0 fully saturated rings. The van der Waals surface area contributed by atoms with Crippen LogP contribution in [0.4, 0.5) is 0 Å². The number of hydrogen-bond donors (Lipinski definition) is 1. The molecule has 52 valence electrons. The number of alkyl halides is 2. The van der Waals surface area contributed by atoms with Crippen LogP contribution < -0.4 is 0 Å². The third-order valence-corrected chi connectivity index (χ3v) is 0. The minimum absolute atomic E-state index is 0. The highest BCUT2D eigenvalue weighted by Gasteiger charge is 1.65. The second kappa shape index (κ2) is 15.7. The van der Waals surface area contributed by atoms with E-state index in [2.05, 4.69) is 0 Å². The molecular formula is C3H7Cl3O2. The quantitative estimate of drug-likeness (QED) is 0.580. The Bertz CT molecular complexity index is 43.8.